The van der Waals surface area contributed by atoms with E-state index in [0.29, 0.717) is 11.5 Å². The second-order valence-corrected chi connectivity index (χ2v) is 9.01. The summed E-state index contributed by atoms with van der Waals surface area (Å²) in [7, 11) is 3.86. The second-order valence-electron chi connectivity index (χ2n) is 9.01. The van der Waals surface area contributed by atoms with Crippen LogP contribution in [0.25, 0.3) is 11.3 Å². The van der Waals surface area contributed by atoms with E-state index < -0.39 is 19.1 Å². The lowest BCUT2D eigenvalue weighted by molar-refractivity contribution is -0.117. The normalized spacial score (nSPS) is 18.3. The molecule has 1 aliphatic carbocycles. The van der Waals surface area contributed by atoms with Crippen molar-refractivity contribution in [2.45, 2.75) is 46.0 Å². The minimum atomic E-state index is -2.43. The SMILES string of the molecule is [2H]C([2H])([2H])CC(=O)c1cnc(NC(=O)C2CC2)cc1Nc1ncc(C)c2c1N(C)[C@H](C)c1cn(C)nc1-2. The van der Waals surface area contributed by atoms with Crippen LogP contribution in [0.15, 0.2) is 24.7 Å². The molecule has 9 nitrogen and oxygen atoms in total. The number of pyridine rings is 2. The first-order valence-electron chi connectivity index (χ1n) is 12.8. The Hall–Kier alpha value is -3.75. The van der Waals surface area contributed by atoms with E-state index in [1.54, 1.807) is 16.9 Å². The molecule has 0 aromatic carbocycles. The third-order valence-electron chi connectivity index (χ3n) is 6.54. The number of amides is 1. The van der Waals surface area contributed by atoms with Crippen LogP contribution >= 0.6 is 0 Å². The number of rotatable bonds is 6. The van der Waals surface area contributed by atoms with Crippen molar-refractivity contribution in [3.63, 3.8) is 0 Å². The average Bonchev–Trinajstić information content (AvgIpc) is 3.59. The topological polar surface area (TPSA) is 105 Å². The van der Waals surface area contributed by atoms with E-state index >= 15 is 0 Å². The largest absolute Gasteiger partial charge is 0.364 e. The van der Waals surface area contributed by atoms with Crippen LogP contribution in [-0.4, -0.2) is 38.5 Å². The van der Waals surface area contributed by atoms with Crippen LogP contribution in [0.2, 0.25) is 0 Å². The number of nitrogens with zero attached hydrogens (tertiary/aromatic N) is 5. The van der Waals surface area contributed by atoms with Gasteiger partial charge in [0.05, 0.1) is 23.0 Å². The molecule has 0 radical (unpaired) electrons. The van der Waals surface area contributed by atoms with Gasteiger partial charge in [-0.2, -0.15) is 5.10 Å². The standard InChI is InChI=1S/C25H29N7O2/c1-6-19(33)16-11-26-20(29-25(34)15-7-8-15)9-18(16)28-24-23-21(13(2)10-27-24)22-17(12-31(4)30-22)14(3)32(23)5/h9-12,14-15H,6-8H2,1-5H3,(H2,26,27,28,29,34)/t14-/m1/s1/i1D3. The summed E-state index contributed by atoms with van der Waals surface area (Å²) < 4.78 is 24.4. The molecule has 0 saturated heterocycles. The lowest BCUT2D eigenvalue weighted by Gasteiger charge is -2.35. The van der Waals surface area contributed by atoms with Gasteiger partial charge >= 0.3 is 0 Å². The zero-order chi connectivity index (χ0) is 26.6. The highest BCUT2D eigenvalue weighted by Gasteiger charge is 2.33. The van der Waals surface area contributed by atoms with E-state index in [1.807, 2.05) is 27.2 Å². The summed E-state index contributed by atoms with van der Waals surface area (Å²) in [6.07, 6.45) is 6.10. The Morgan fingerprint density at radius 1 is 1.24 bits per heavy atom. The number of hydrogen-bond donors (Lipinski definition) is 2. The number of nitrogens with one attached hydrogen (secondary N) is 2. The van der Waals surface area contributed by atoms with Crippen molar-refractivity contribution >= 4 is 34.7 Å². The summed E-state index contributed by atoms with van der Waals surface area (Å²) in [4.78, 5) is 36.3. The van der Waals surface area contributed by atoms with Gasteiger partial charge in [0.2, 0.25) is 5.91 Å². The van der Waals surface area contributed by atoms with Gasteiger partial charge in [0.25, 0.3) is 0 Å². The molecule has 5 rings (SSSR count). The highest BCUT2D eigenvalue weighted by atomic mass is 16.2. The summed E-state index contributed by atoms with van der Waals surface area (Å²) in [5.41, 5.74) is 5.10. The van der Waals surface area contributed by atoms with Gasteiger partial charge in [-0.05, 0) is 32.3 Å². The number of Topliss-reactive ketones (excluding diaryl/α,β-unsaturated/α-hetero) is 1. The van der Waals surface area contributed by atoms with Crippen LogP contribution < -0.4 is 15.5 Å². The average molecular weight is 463 g/mol. The van der Waals surface area contributed by atoms with Gasteiger partial charge in [0.15, 0.2) is 11.6 Å². The molecule has 9 heteroatoms. The van der Waals surface area contributed by atoms with Crippen molar-refractivity contribution in [1.29, 1.82) is 0 Å². The number of aryl methyl sites for hydroxylation is 2. The summed E-state index contributed by atoms with van der Waals surface area (Å²) in [5, 5.41) is 10.8. The molecule has 1 saturated carbocycles. The zero-order valence-corrected chi connectivity index (χ0v) is 19.6. The van der Waals surface area contributed by atoms with Gasteiger partial charge in [0, 0.05) is 66.3 Å². The molecule has 1 atom stereocenters. The van der Waals surface area contributed by atoms with Crippen molar-refractivity contribution in [1.82, 2.24) is 19.7 Å². The van der Waals surface area contributed by atoms with Gasteiger partial charge in [-0.15, -0.1) is 0 Å². The summed E-state index contributed by atoms with van der Waals surface area (Å²) >= 11 is 0. The predicted molar refractivity (Wildman–Crippen MR) is 131 cm³/mol. The van der Waals surface area contributed by atoms with Crippen LogP contribution in [0.1, 0.15) is 64.7 Å². The zero-order valence-electron chi connectivity index (χ0n) is 22.6. The fourth-order valence-corrected chi connectivity index (χ4v) is 4.38. The van der Waals surface area contributed by atoms with Crippen LogP contribution in [0, 0.1) is 12.8 Å². The fourth-order valence-electron chi connectivity index (χ4n) is 4.38. The van der Waals surface area contributed by atoms with Gasteiger partial charge in [-0.3, -0.25) is 14.3 Å². The third kappa shape index (κ3) is 3.70. The molecule has 0 bridgehead atoms. The van der Waals surface area contributed by atoms with Crippen molar-refractivity contribution in [3.05, 3.63) is 41.3 Å². The maximum Gasteiger partial charge on any atom is 0.228 e. The Balaban J connectivity index is 1.59. The van der Waals surface area contributed by atoms with Gasteiger partial charge in [0.1, 0.15) is 11.5 Å². The molecular formula is C25H29N7O2. The summed E-state index contributed by atoms with van der Waals surface area (Å²) in [5.74, 6) is 0.0369. The molecule has 1 aliphatic heterocycles. The minimum absolute atomic E-state index is 0.0165. The molecule has 1 fully saturated rings. The van der Waals surface area contributed by atoms with Crippen LogP contribution in [-0.2, 0) is 11.8 Å². The molecule has 0 unspecified atom stereocenters. The predicted octanol–water partition coefficient (Wildman–Crippen LogP) is 4.38. The monoisotopic (exact) mass is 462 g/mol. The maximum atomic E-state index is 13.0. The second kappa shape index (κ2) is 8.23. The summed E-state index contributed by atoms with van der Waals surface area (Å²) in [6.45, 7) is 1.62. The fraction of sp³-hybridized carbons (Fsp3) is 0.400. The molecule has 176 valence electrons. The minimum Gasteiger partial charge on any atom is -0.364 e. The molecule has 0 spiro atoms. The maximum absolute atomic E-state index is 13.0. The van der Waals surface area contributed by atoms with E-state index in [0.717, 1.165) is 40.9 Å². The highest BCUT2D eigenvalue weighted by Crippen LogP contribution is 2.48. The Labute approximate surface area is 202 Å². The first-order valence-corrected chi connectivity index (χ1v) is 11.3. The van der Waals surface area contributed by atoms with E-state index in [-0.39, 0.29) is 29.2 Å². The van der Waals surface area contributed by atoms with E-state index in [1.165, 1.54) is 6.20 Å². The van der Waals surface area contributed by atoms with E-state index in [2.05, 4.69) is 32.4 Å². The number of ketones is 1. The molecule has 2 aliphatic rings. The van der Waals surface area contributed by atoms with Gasteiger partial charge in [-0.25, -0.2) is 9.97 Å². The van der Waals surface area contributed by atoms with Crippen LogP contribution in [0.5, 0.6) is 0 Å². The molecule has 2 N–H and O–H groups in total. The molecule has 3 aromatic rings. The quantitative estimate of drug-likeness (QED) is 0.524. The Kier molecular flexibility index (Phi) is 4.52. The van der Waals surface area contributed by atoms with Gasteiger partial charge < -0.3 is 15.5 Å². The van der Waals surface area contributed by atoms with E-state index in [9.17, 15) is 9.59 Å². The van der Waals surface area contributed by atoms with Crippen LogP contribution in [0.4, 0.5) is 23.0 Å². The van der Waals surface area contributed by atoms with E-state index in [4.69, 9.17) is 9.21 Å². The molecule has 4 heterocycles. The first-order chi connectivity index (χ1) is 17.4. The number of anilines is 4. The molecule has 1 amide bonds. The van der Waals surface area contributed by atoms with Gasteiger partial charge in [-0.1, -0.05) is 6.85 Å². The number of carbonyl (C=O) groups is 2. The Bertz CT molecular complexity index is 1410. The lowest BCUT2D eigenvalue weighted by atomic mass is 9.93. The van der Waals surface area contributed by atoms with Crippen molar-refractivity contribution in [2.75, 3.05) is 22.6 Å². The van der Waals surface area contributed by atoms with Crippen LogP contribution in [0.3, 0.4) is 0 Å². The van der Waals surface area contributed by atoms with Crippen molar-refractivity contribution in [3.8, 4) is 11.3 Å². The molecule has 3 aromatic heterocycles. The number of carbonyl (C=O) groups excluding carboxylic acids is 2. The Morgan fingerprint density at radius 2 is 2.03 bits per heavy atom. The van der Waals surface area contributed by atoms with Crippen molar-refractivity contribution < 1.29 is 13.7 Å². The summed E-state index contributed by atoms with van der Waals surface area (Å²) in [6, 6.07) is 1.57. The number of fused-ring (bicyclic) bond motifs is 3. The lowest BCUT2D eigenvalue weighted by Crippen LogP contribution is -2.27. The molecule has 34 heavy (non-hydrogen) atoms. The highest BCUT2D eigenvalue weighted by molar-refractivity contribution is 6.03. The number of hydrogen-bond acceptors (Lipinski definition) is 7. The number of aromatic nitrogens is 4. The Morgan fingerprint density at radius 3 is 2.76 bits per heavy atom. The first kappa shape index (κ1) is 18.7. The van der Waals surface area contributed by atoms with Crippen molar-refractivity contribution in [2.24, 2.45) is 13.0 Å². The third-order valence-corrected chi connectivity index (χ3v) is 6.54. The smallest absolute Gasteiger partial charge is 0.228 e. The molecular weight excluding hydrogens is 430 g/mol.